The molecule has 2 nitrogen and oxygen atoms in total. The monoisotopic (exact) mass is 394 g/mol. The van der Waals surface area contributed by atoms with Gasteiger partial charge >= 0.3 is 0 Å². The molecule has 0 aliphatic carbocycles. The topological polar surface area (TPSA) is 18.5 Å². The molecule has 90 valence electrons. The number of hydrogen-bond acceptors (Lipinski definition) is 4. The van der Waals surface area contributed by atoms with Crippen LogP contribution in [0.1, 0.15) is 9.75 Å². The highest BCUT2D eigenvalue weighted by molar-refractivity contribution is 9.11. The normalized spacial score (nSPS) is 18.7. The van der Waals surface area contributed by atoms with Gasteiger partial charge < -0.3 is 9.47 Å². The highest BCUT2D eigenvalue weighted by Gasteiger charge is 2.45. The lowest BCUT2D eigenvalue weighted by molar-refractivity contribution is -0.125. The summed E-state index contributed by atoms with van der Waals surface area (Å²) in [6.07, 6.45) is 0. The molecule has 0 saturated carbocycles. The van der Waals surface area contributed by atoms with Crippen molar-refractivity contribution in [1.82, 2.24) is 0 Å². The third kappa shape index (κ3) is 1.95. The molecule has 0 spiro atoms. The first kappa shape index (κ1) is 12.3. The molecule has 2 aromatic heterocycles. The highest BCUT2D eigenvalue weighted by atomic mass is 79.9. The van der Waals surface area contributed by atoms with Gasteiger partial charge in [0.2, 0.25) is 5.79 Å². The van der Waals surface area contributed by atoms with E-state index in [4.69, 9.17) is 9.47 Å². The first-order valence-corrected chi connectivity index (χ1v) is 8.33. The second-order valence-corrected chi connectivity index (χ2v) is 7.05. The van der Waals surface area contributed by atoms with Gasteiger partial charge in [0.05, 0.1) is 23.0 Å². The van der Waals surface area contributed by atoms with E-state index < -0.39 is 5.79 Å². The molecule has 1 fully saturated rings. The molecule has 3 rings (SSSR count). The van der Waals surface area contributed by atoms with Crippen molar-refractivity contribution >= 4 is 54.5 Å². The van der Waals surface area contributed by atoms with Crippen LogP contribution in [0.5, 0.6) is 0 Å². The van der Waals surface area contributed by atoms with Gasteiger partial charge in [0, 0.05) is 8.95 Å². The first-order chi connectivity index (χ1) is 8.24. The van der Waals surface area contributed by atoms with Gasteiger partial charge in [-0.05, 0) is 54.8 Å². The van der Waals surface area contributed by atoms with Crippen molar-refractivity contribution in [3.8, 4) is 0 Å². The van der Waals surface area contributed by atoms with Crippen molar-refractivity contribution in [3.05, 3.63) is 41.6 Å². The van der Waals surface area contributed by atoms with Crippen LogP contribution in [0.2, 0.25) is 0 Å². The Balaban J connectivity index is 2.18. The van der Waals surface area contributed by atoms with E-state index >= 15 is 0 Å². The fourth-order valence-corrected chi connectivity index (χ4v) is 5.39. The SMILES string of the molecule is Brc1ccsc1C1(c2sccc2Br)OCCO1. The average molecular weight is 396 g/mol. The maximum atomic E-state index is 5.93. The summed E-state index contributed by atoms with van der Waals surface area (Å²) >= 11 is 10.4. The van der Waals surface area contributed by atoms with E-state index in [1.165, 1.54) is 0 Å². The van der Waals surface area contributed by atoms with Crippen LogP contribution in [0.15, 0.2) is 31.8 Å². The van der Waals surface area contributed by atoms with Crippen LogP contribution in [0.3, 0.4) is 0 Å². The molecule has 1 aliphatic rings. The zero-order chi connectivity index (χ0) is 11.9. The molecule has 0 N–H and O–H groups in total. The van der Waals surface area contributed by atoms with Gasteiger partial charge in [-0.3, -0.25) is 0 Å². The zero-order valence-electron chi connectivity index (χ0n) is 8.61. The summed E-state index contributed by atoms with van der Waals surface area (Å²) < 4.78 is 13.9. The standard InChI is InChI=1S/C11H8Br2O2S2/c12-7-1-5-16-9(7)11(14-3-4-15-11)10-8(13)2-6-17-10/h1-2,5-6H,3-4H2. The predicted molar refractivity (Wildman–Crippen MR) is 76.7 cm³/mol. The first-order valence-electron chi connectivity index (χ1n) is 4.99. The fourth-order valence-electron chi connectivity index (χ4n) is 1.83. The Kier molecular flexibility index (Phi) is 3.44. The summed E-state index contributed by atoms with van der Waals surface area (Å²) in [6, 6.07) is 4.04. The minimum Gasteiger partial charge on any atom is -0.338 e. The van der Waals surface area contributed by atoms with Gasteiger partial charge in [-0.2, -0.15) is 0 Å². The Morgan fingerprint density at radius 3 is 1.76 bits per heavy atom. The van der Waals surface area contributed by atoms with Crippen LogP contribution in [-0.4, -0.2) is 13.2 Å². The van der Waals surface area contributed by atoms with Crippen LogP contribution in [0.4, 0.5) is 0 Å². The molecule has 2 aromatic rings. The van der Waals surface area contributed by atoms with Crippen molar-refractivity contribution in [2.75, 3.05) is 13.2 Å². The van der Waals surface area contributed by atoms with E-state index in [9.17, 15) is 0 Å². The Morgan fingerprint density at radius 1 is 0.941 bits per heavy atom. The predicted octanol–water partition coefficient (Wildman–Crippen LogP) is 4.58. The van der Waals surface area contributed by atoms with Crippen molar-refractivity contribution in [3.63, 3.8) is 0 Å². The summed E-state index contributed by atoms with van der Waals surface area (Å²) in [5.74, 6) is -0.736. The van der Waals surface area contributed by atoms with Gasteiger partial charge in [-0.15, -0.1) is 22.7 Å². The molecule has 3 heterocycles. The van der Waals surface area contributed by atoms with Crippen LogP contribution >= 0.6 is 54.5 Å². The third-order valence-electron chi connectivity index (χ3n) is 2.53. The highest BCUT2D eigenvalue weighted by Crippen LogP contribution is 2.48. The van der Waals surface area contributed by atoms with Gasteiger partial charge in [0.1, 0.15) is 0 Å². The van der Waals surface area contributed by atoms with Gasteiger partial charge in [-0.25, -0.2) is 0 Å². The van der Waals surface area contributed by atoms with E-state index in [0.29, 0.717) is 13.2 Å². The molecular weight excluding hydrogens is 388 g/mol. The third-order valence-corrected chi connectivity index (χ3v) is 6.37. The Bertz CT molecular complexity index is 487. The minimum atomic E-state index is -0.736. The molecule has 0 unspecified atom stereocenters. The quantitative estimate of drug-likeness (QED) is 0.740. The molecule has 0 bridgehead atoms. The second kappa shape index (κ2) is 4.75. The van der Waals surface area contributed by atoms with Crippen molar-refractivity contribution < 1.29 is 9.47 Å². The smallest absolute Gasteiger partial charge is 0.243 e. The van der Waals surface area contributed by atoms with E-state index in [0.717, 1.165) is 18.7 Å². The Morgan fingerprint density at radius 2 is 1.41 bits per heavy atom. The lowest BCUT2D eigenvalue weighted by Crippen LogP contribution is -2.27. The number of thiophene rings is 2. The summed E-state index contributed by atoms with van der Waals surface area (Å²) in [6.45, 7) is 1.24. The fraction of sp³-hybridized carbons (Fsp3) is 0.273. The maximum absolute atomic E-state index is 5.93. The van der Waals surface area contributed by atoms with Crippen LogP contribution in [-0.2, 0) is 15.3 Å². The molecular formula is C11H8Br2O2S2. The molecule has 0 amide bonds. The summed E-state index contributed by atoms with van der Waals surface area (Å²) in [4.78, 5) is 2.14. The molecule has 0 aromatic carbocycles. The number of rotatable bonds is 2. The largest absolute Gasteiger partial charge is 0.338 e. The summed E-state index contributed by atoms with van der Waals surface area (Å²) in [5.41, 5.74) is 0. The number of ether oxygens (including phenoxy) is 2. The molecule has 17 heavy (non-hydrogen) atoms. The molecule has 0 radical (unpaired) electrons. The van der Waals surface area contributed by atoms with E-state index in [1.54, 1.807) is 22.7 Å². The maximum Gasteiger partial charge on any atom is 0.243 e. The van der Waals surface area contributed by atoms with E-state index in [2.05, 4.69) is 31.9 Å². The van der Waals surface area contributed by atoms with E-state index in [-0.39, 0.29) is 0 Å². The van der Waals surface area contributed by atoms with Crippen molar-refractivity contribution in [1.29, 1.82) is 0 Å². The van der Waals surface area contributed by atoms with Crippen LogP contribution in [0.25, 0.3) is 0 Å². The van der Waals surface area contributed by atoms with Gasteiger partial charge in [0.25, 0.3) is 0 Å². The molecule has 1 aliphatic heterocycles. The lowest BCUT2D eigenvalue weighted by atomic mass is 10.2. The molecule has 0 atom stereocenters. The molecule has 1 saturated heterocycles. The van der Waals surface area contributed by atoms with Crippen molar-refractivity contribution in [2.24, 2.45) is 0 Å². The second-order valence-electron chi connectivity index (χ2n) is 3.51. The van der Waals surface area contributed by atoms with Crippen molar-refractivity contribution in [2.45, 2.75) is 5.79 Å². The minimum absolute atomic E-state index is 0.620. The number of hydrogen-bond donors (Lipinski definition) is 0. The summed E-state index contributed by atoms with van der Waals surface area (Å²) in [7, 11) is 0. The average Bonchev–Trinajstić information content (AvgIpc) is 2.98. The number of halogens is 2. The van der Waals surface area contributed by atoms with Crippen LogP contribution in [0, 0.1) is 0 Å². The zero-order valence-corrected chi connectivity index (χ0v) is 13.4. The Hall–Kier alpha value is 0.280. The Labute approximate surface area is 124 Å². The summed E-state index contributed by atoms with van der Waals surface area (Å²) in [5, 5.41) is 4.07. The van der Waals surface area contributed by atoms with E-state index in [1.807, 2.05) is 22.9 Å². The lowest BCUT2D eigenvalue weighted by Gasteiger charge is -2.26. The molecule has 6 heteroatoms. The van der Waals surface area contributed by atoms with Crippen LogP contribution < -0.4 is 0 Å². The van der Waals surface area contributed by atoms with Gasteiger partial charge in [0.15, 0.2) is 0 Å². The van der Waals surface area contributed by atoms with Gasteiger partial charge in [-0.1, -0.05) is 0 Å².